The highest BCUT2D eigenvalue weighted by molar-refractivity contribution is 5.80. The molecule has 1 aliphatic heterocycles. The Hall–Kier alpha value is -1.26. The number of carbonyl (C=O) groups excluding carboxylic acids is 1. The maximum atomic E-state index is 11.1. The number of rotatable bonds is 5. The van der Waals surface area contributed by atoms with Gasteiger partial charge in [-0.25, -0.2) is 0 Å². The van der Waals surface area contributed by atoms with Gasteiger partial charge in [-0.1, -0.05) is 20.8 Å². The molecular formula is C16H32N4O. The Morgan fingerprint density at radius 1 is 1.43 bits per heavy atom. The van der Waals surface area contributed by atoms with Crippen LogP contribution in [0.3, 0.4) is 0 Å². The van der Waals surface area contributed by atoms with Crippen molar-refractivity contribution in [2.75, 3.05) is 26.2 Å². The summed E-state index contributed by atoms with van der Waals surface area (Å²) in [6.07, 6.45) is 3.74. The number of guanidine groups is 1. The van der Waals surface area contributed by atoms with Gasteiger partial charge in [0.2, 0.25) is 5.91 Å². The van der Waals surface area contributed by atoms with Crippen molar-refractivity contribution in [3.8, 4) is 0 Å². The molecule has 5 nitrogen and oxygen atoms in total. The molecule has 21 heavy (non-hydrogen) atoms. The normalized spacial score (nSPS) is 20.5. The Balaban J connectivity index is 2.61. The van der Waals surface area contributed by atoms with Gasteiger partial charge in [-0.05, 0) is 37.5 Å². The van der Waals surface area contributed by atoms with E-state index in [9.17, 15) is 4.79 Å². The summed E-state index contributed by atoms with van der Waals surface area (Å²) in [5.74, 6) is 1.15. The van der Waals surface area contributed by atoms with Crippen LogP contribution in [-0.4, -0.2) is 42.9 Å². The number of nitrogens with two attached hydrogens (primary N) is 1. The van der Waals surface area contributed by atoms with Crippen LogP contribution in [-0.2, 0) is 4.79 Å². The summed E-state index contributed by atoms with van der Waals surface area (Å²) in [6, 6.07) is 0. The first kappa shape index (κ1) is 17.8. The van der Waals surface area contributed by atoms with Crippen LogP contribution in [0.4, 0.5) is 0 Å². The molecule has 1 unspecified atom stereocenters. The fourth-order valence-electron chi connectivity index (χ4n) is 2.63. The molecule has 1 rings (SSSR count). The van der Waals surface area contributed by atoms with Gasteiger partial charge in [0.1, 0.15) is 0 Å². The Bertz CT molecular complexity index is 360. The van der Waals surface area contributed by atoms with Gasteiger partial charge in [-0.2, -0.15) is 0 Å². The Labute approximate surface area is 129 Å². The first-order chi connectivity index (χ1) is 9.81. The third-order valence-corrected chi connectivity index (χ3v) is 3.77. The van der Waals surface area contributed by atoms with Gasteiger partial charge in [-0.15, -0.1) is 0 Å². The van der Waals surface area contributed by atoms with Crippen LogP contribution in [0, 0.1) is 11.3 Å². The second-order valence-corrected chi connectivity index (χ2v) is 7.17. The van der Waals surface area contributed by atoms with E-state index < -0.39 is 0 Å². The van der Waals surface area contributed by atoms with Crippen LogP contribution < -0.4 is 11.1 Å². The van der Waals surface area contributed by atoms with E-state index in [1.165, 1.54) is 0 Å². The monoisotopic (exact) mass is 296 g/mol. The predicted octanol–water partition coefficient (Wildman–Crippen LogP) is 1.98. The van der Waals surface area contributed by atoms with E-state index in [0.29, 0.717) is 17.8 Å². The fraction of sp³-hybridized carbons (Fsp3) is 0.875. The number of hydrogen-bond acceptors (Lipinski definition) is 2. The van der Waals surface area contributed by atoms with E-state index >= 15 is 0 Å². The molecule has 5 heteroatoms. The Morgan fingerprint density at radius 3 is 2.71 bits per heavy atom. The molecule has 0 spiro atoms. The number of primary amides is 1. The number of nitrogens with one attached hydrogen (secondary N) is 1. The summed E-state index contributed by atoms with van der Waals surface area (Å²) in [5, 5.41) is 3.37. The van der Waals surface area contributed by atoms with Crippen LogP contribution in [0.5, 0.6) is 0 Å². The molecule has 1 heterocycles. The lowest BCUT2D eigenvalue weighted by molar-refractivity contribution is -0.119. The zero-order chi connectivity index (χ0) is 15.9. The van der Waals surface area contributed by atoms with Gasteiger partial charge in [0.05, 0.1) is 0 Å². The largest absolute Gasteiger partial charge is 0.370 e. The lowest BCUT2D eigenvalue weighted by atomic mass is 9.92. The maximum Gasteiger partial charge on any atom is 0.217 e. The molecule has 3 N–H and O–H groups in total. The quantitative estimate of drug-likeness (QED) is 0.602. The maximum absolute atomic E-state index is 11.1. The Kier molecular flexibility index (Phi) is 6.99. The summed E-state index contributed by atoms with van der Waals surface area (Å²) < 4.78 is 0. The van der Waals surface area contributed by atoms with E-state index in [2.05, 4.69) is 37.9 Å². The summed E-state index contributed by atoms with van der Waals surface area (Å²) in [5.41, 5.74) is 5.63. The first-order valence-electron chi connectivity index (χ1n) is 8.13. The lowest BCUT2D eigenvalue weighted by Gasteiger charge is -2.34. The molecule has 1 saturated heterocycles. The molecule has 1 amide bonds. The predicted molar refractivity (Wildman–Crippen MR) is 88.2 cm³/mol. The molecular weight excluding hydrogens is 264 g/mol. The summed E-state index contributed by atoms with van der Waals surface area (Å²) in [7, 11) is 0. The SMILES string of the molecule is CCNC(=NCCC(C)(C)C)N1CCCC(CC(N)=O)C1. The third-order valence-electron chi connectivity index (χ3n) is 3.77. The third kappa shape index (κ3) is 7.34. The highest BCUT2D eigenvalue weighted by Gasteiger charge is 2.23. The van der Waals surface area contributed by atoms with Crippen molar-refractivity contribution in [1.29, 1.82) is 0 Å². The molecule has 122 valence electrons. The number of piperidine rings is 1. The lowest BCUT2D eigenvalue weighted by Crippen LogP contribution is -2.47. The number of nitrogens with zero attached hydrogens (tertiary/aromatic N) is 2. The van der Waals surface area contributed by atoms with E-state index in [0.717, 1.165) is 51.4 Å². The van der Waals surface area contributed by atoms with Gasteiger partial charge < -0.3 is 16.0 Å². The van der Waals surface area contributed by atoms with Gasteiger partial charge in [-0.3, -0.25) is 9.79 Å². The number of aliphatic imine (C=N–C) groups is 1. The smallest absolute Gasteiger partial charge is 0.217 e. The second kappa shape index (κ2) is 8.25. The molecule has 0 aliphatic carbocycles. The van der Waals surface area contributed by atoms with Crippen molar-refractivity contribution in [2.24, 2.45) is 22.1 Å². The van der Waals surface area contributed by atoms with Crippen LogP contribution in [0.2, 0.25) is 0 Å². The van der Waals surface area contributed by atoms with Crippen molar-refractivity contribution in [3.63, 3.8) is 0 Å². The number of likely N-dealkylation sites (tertiary alicyclic amines) is 1. The van der Waals surface area contributed by atoms with Crippen molar-refractivity contribution < 1.29 is 4.79 Å². The highest BCUT2D eigenvalue weighted by Crippen LogP contribution is 2.20. The highest BCUT2D eigenvalue weighted by atomic mass is 16.1. The number of hydrogen-bond donors (Lipinski definition) is 2. The minimum Gasteiger partial charge on any atom is -0.370 e. The van der Waals surface area contributed by atoms with Crippen molar-refractivity contribution in [2.45, 2.75) is 53.4 Å². The number of amides is 1. The van der Waals surface area contributed by atoms with E-state index in [-0.39, 0.29) is 5.91 Å². The minimum atomic E-state index is -0.198. The molecule has 0 aromatic carbocycles. The minimum absolute atomic E-state index is 0.198. The standard InChI is InChI=1S/C16H32N4O/c1-5-18-15(19-9-8-16(2,3)4)20-10-6-7-13(12-20)11-14(17)21/h13H,5-12H2,1-4H3,(H2,17,21)(H,18,19). The van der Waals surface area contributed by atoms with Crippen LogP contribution in [0.1, 0.15) is 53.4 Å². The summed E-state index contributed by atoms with van der Waals surface area (Å²) in [6.45, 7) is 12.4. The molecule has 1 aliphatic rings. The van der Waals surface area contributed by atoms with Crippen molar-refractivity contribution in [3.05, 3.63) is 0 Å². The molecule has 0 bridgehead atoms. The summed E-state index contributed by atoms with van der Waals surface area (Å²) >= 11 is 0. The Morgan fingerprint density at radius 2 is 2.14 bits per heavy atom. The van der Waals surface area contributed by atoms with Crippen LogP contribution in [0.25, 0.3) is 0 Å². The molecule has 1 fully saturated rings. The second-order valence-electron chi connectivity index (χ2n) is 7.17. The molecule has 1 atom stereocenters. The fourth-order valence-corrected chi connectivity index (χ4v) is 2.63. The van der Waals surface area contributed by atoms with Gasteiger partial charge in [0.25, 0.3) is 0 Å². The van der Waals surface area contributed by atoms with Crippen molar-refractivity contribution in [1.82, 2.24) is 10.2 Å². The van der Waals surface area contributed by atoms with E-state index in [1.54, 1.807) is 0 Å². The molecule has 0 aromatic rings. The van der Waals surface area contributed by atoms with E-state index in [1.807, 2.05) is 0 Å². The average Bonchev–Trinajstić information content (AvgIpc) is 2.36. The molecule has 0 radical (unpaired) electrons. The van der Waals surface area contributed by atoms with Crippen LogP contribution >= 0.6 is 0 Å². The van der Waals surface area contributed by atoms with E-state index in [4.69, 9.17) is 10.7 Å². The van der Waals surface area contributed by atoms with Crippen LogP contribution in [0.15, 0.2) is 4.99 Å². The topological polar surface area (TPSA) is 70.7 Å². The average molecular weight is 296 g/mol. The van der Waals surface area contributed by atoms with Gasteiger partial charge in [0, 0.05) is 32.6 Å². The van der Waals surface area contributed by atoms with Gasteiger partial charge >= 0.3 is 0 Å². The first-order valence-corrected chi connectivity index (χ1v) is 8.13. The molecule has 0 saturated carbocycles. The van der Waals surface area contributed by atoms with Gasteiger partial charge in [0.15, 0.2) is 5.96 Å². The molecule has 0 aromatic heterocycles. The zero-order valence-electron chi connectivity index (χ0n) is 14.1. The van der Waals surface area contributed by atoms with Crippen molar-refractivity contribution >= 4 is 11.9 Å². The zero-order valence-corrected chi connectivity index (χ0v) is 14.1. The summed E-state index contributed by atoms with van der Waals surface area (Å²) in [4.78, 5) is 18.1. The number of carbonyl (C=O) groups is 1.